The summed E-state index contributed by atoms with van der Waals surface area (Å²) in [5.74, 6) is 0.433. The molecule has 2 aliphatic rings. The first-order valence-corrected chi connectivity index (χ1v) is 8.96. The number of hydrogen-bond donors (Lipinski definition) is 1. The number of hydrogen-bond acceptors (Lipinski definition) is 2. The van der Waals surface area contributed by atoms with Crippen molar-refractivity contribution in [1.29, 1.82) is 0 Å². The van der Waals surface area contributed by atoms with E-state index in [1.807, 2.05) is 12.1 Å². The molecule has 1 heterocycles. The van der Waals surface area contributed by atoms with E-state index in [1.165, 1.54) is 11.1 Å². The predicted molar refractivity (Wildman–Crippen MR) is 96.6 cm³/mol. The van der Waals surface area contributed by atoms with Gasteiger partial charge in [0.2, 0.25) is 0 Å². The van der Waals surface area contributed by atoms with Crippen molar-refractivity contribution in [2.75, 3.05) is 0 Å². The van der Waals surface area contributed by atoms with Gasteiger partial charge in [0.1, 0.15) is 5.78 Å². The van der Waals surface area contributed by atoms with Crippen LogP contribution in [0.5, 0.6) is 0 Å². The molecule has 0 radical (unpaired) electrons. The molecule has 2 aromatic rings. The second-order valence-electron chi connectivity index (χ2n) is 7.87. The summed E-state index contributed by atoms with van der Waals surface area (Å²) in [7, 11) is 0. The molecule has 4 rings (SSSR count). The summed E-state index contributed by atoms with van der Waals surface area (Å²) >= 11 is 0. The average Bonchev–Trinajstić information content (AvgIpc) is 2.60. The summed E-state index contributed by atoms with van der Waals surface area (Å²) in [5.41, 5.74) is 1.80. The monoisotopic (exact) mass is 319 g/mol. The van der Waals surface area contributed by atoms with Gasteiger partial charge in [-0.15, -0.1) is 0 Å². The fourth-order valence-electron chi connectivity index (χ4n) is 5.01. The van der Waals surface area contributed by atoms with Crippen LogP contribution in [-0.4, -0.2) is 5.78 Å². The molecule has 24 heavy (non-hydrogen) atoms. The van der Waals surface area contributed by atoms with Crippen LogP contribution in [0.3, 0.4) is 0 Å². The van der Waals surface area contributed by atoms with Gasteiger partial charge in [0.15, 0.2) is 0 Å². The van der Waals surface area contributed by atoms with Crippen molar-refractivity contribution in [1.82, 2.24) is 5.32 Å². The van der Waals surface area contributed by atoms with Crippen molar-refractivity contribution in [3.63, 3.8) is 0 Å². The molecule has 2 nitrogen and oxygen atoms in total. The van der Waals surface area contributed by atoms with Crippen LogP contribution >= 0.6 is 0 Å². The van der Waals surface area contributed by atoms with Crippen LogP contribution in [0.2, 0.25) is 0 Å². The van der Waals surface area contributed by atoms with Crippen molar-refractivity contribution in [2.45, 2.75) is 45.2 Å². The van der Waals surface area contributed by atoms with E-state index in [2.05, 4.69) is 67.7 Å². The summed E-state index contributed by atoms with van der Waals surface area (Å²) in [6.45, 7) is 4.33. The first-order valence-electron chi connectivity index (χ1n) is 8.96. The normalized spacial score (nSPS) is 35.7. The van der Waals surface area contributed by atoms with E-state index < -0.39 is 0 Å². The number of carbonyl (C=O) groups excluding carboxylic acids is 1. The fourth-order valence-corrected chi connectivity index (χ4v) is 5.01. The standard InChI is InChI=1S/C22H25NO/c1-21-14-9-15-22(2,20(21)24)19(17-12-7-4-8-13-17)23-18(21)16-10-5-3-6-11-16/h3-8,10-13,18-19,23H,9,14-15H2,1-2H3/t18?,19?,21-,22+. The van der Waals surface area contributed by atoms with E-state index in [0.717, 1.165) is 19.3 Å². The van der Waals surface area contributed by atoms with Gasteiger partial charge >= 0.3 is 0 Å². The molecule has 2 bridgehead atoms. The molecule has 2 unspecified atom stereocenters. The first kappa shape index (κ1) is 15.6. The highest BCUT2D eigenvalue weighted by Gasteiger charge is 2.59. The highest BCUT2D eigenvalue weighted by atomic mass is 16.1. The van der Waals surface area contributed by atoms with Crippen LogP contribution in [0.1, 0.15) is 56.3 Å². The molecule has 0 spiro atoms. The number of nitrogens with one attached hydrogen (secondary N) is 1. The molecular weight excluding hydrogens is 294 g/mol. The SMILES string of the molecule is C[C@]12CCC[C@](C)(C1=O)C(c1ccccc1)NC2c1ccccc1. The van der Waals surface area contributed by atoms with Crippen LogP contribution in [0, 0.1) is 10.8 Å². The average molecular weight is 319 g/mol. The molecule has 0 aromatic heterocycles. The zero-order valence-corrected chi connectivity index (χ0v) is 14.5. The Morgan fingerprint density at radius 1 is 0.792 bits per heavy atom. The minimum atomic E-state index is -0.320. The lowest BCUT2D eigenvalue weighted by molar-refractivity contribution is -0.153. The highest BCUT2D eigenvalue weighted by Crippen LogP contribution is 2.58. The Hall–Kier alpha value is -1.93. The molecule has 1 aliphatic carbocycles. The maximum atomic E-state index is 13.6. The number of ketones is 1. The lowest BCUT2D eigenvalue weighted by atomic mass is 9.52. The van der Waals surface area contributed by atoms with E-state index in [1.54, 1.807) is 0 Å². The van der Waals surface area contributed by atoms with Gasteiger partial charge in [0.25, 0.3) is 0 Å². The third kappa shape index (κ3) is 2.16. The Kier molecular flexibility index (Phi) is 3.61. The van der Waals surface area contributed by atoms with Crippen molar-refractivity contribution in [3.05, 3.63) is 71.8 Å². The van der Waals surface area contributed by atoms with E-state index >= 15 is 0 Å². The number of piperidine rings is 1. The summed E-state index contributed by atoms with van der Waals surface area (Å²) in [4.78, 5) is 13.6. The zero-order chi connectivity index (χ0) is 16.8. The largest absolute Gasteiger partial charge is 0.301 e. The zero-order valence-electron chi connectivity index (χ0n) is 14.5. The molecule has 124 valence electrons. The Bertz CT molecular complexity index is 680. The maximum Gasteiger partial charge on any atom is 0.148 e. The molecule has 2 aromatic carbocycles. The van der Waals surface area contributed by atoms with Gasteiger partial charge in [-0.1, -0.05) is 80.9 Å². The highest BCUT2D eigenvalue weighted by molar-refractivity contribution is 5.93. The Morgan fingerprint density at radius 3 is 1.62 bits per heavy atom. The number of Topliss-reactive ketones (excluding diaryl/α,β-unsaturated/α-hetero) is 1. The fraction of sp³-hybridized carbons (Fsp3) is 0.409. The molecule has 1 saturated carbocycles. The molecule has 1 N–H and O–H groups in total. The number of carbonyl (C=O) groups is 1. The van der Waals surface area contributed by atoms with Crippen LogP contribution in [0.15, 0.2) is 60.7 Å². The number of benzene rings is 2. The summed E-state index contributed by atoms with van der Waals surface area (Å²) in [6, 6.07) is 21.1. The Morgan fingerprint density at radius 2 is 1.21 bits per heavy atom. The molecule has 1 aliphatic heterocycles. The smallest absolute Gasteiger partial charge is 0.148 e. The topological polar surface area (TPSA) is 29.1 Å². The van der Waals surface area contributed by atoms with Crippen LogP contribution in [-0.2, 0) is 4.79 Å². The molecule has 2 fully saturated rings. The number of fused-ring (bicyclic) bond motifs is 2. The van der Waals surface area contributed by atoms with Gasteiger partial charge in [0.05, 0.1) is 0 Å². The van der Waals surface area contributed by atoms with E-state index in [9.17, 15) is 4.79 Å². The predicted octanol–water partition coefficient (Wildman–Crippen LogP) is 4.84. The van der Waals surface area contributed by atoms with Crippen LogP contribution in [0.25, 0.3) is 0 Å². The molecule has 0 amide bonds. The van der Waals surface area contributed by atoms with Gasteiger partial charge in [-0.05, 0) is 24.0 Å². The van der Waals surface area contributed by atoms with Gasteiger partial charge in [-0.2, -0.15) is 0 Å². The maximum absolute atomic E-state index is 13.6. The minimum absolute atomic E-state index is 0.0739. The molecular formula is C22H25NO. The van der Waals surface area contributed by atoms with Gasteiger partial charge in [-0.3, -0.25) is 4.79 Å². The molecule has 1 saturated heterocycles. The lowest BCUT2D eigenvalue weighted by Gasteiger charge is -2.56. The third-order valence-electron chi connectivity index (χ3n) is 6.30. The summed E-state index contributed by atoms with van der Waals surface area (Å²) in [5, 5.41) is 3.88. The second kappa shape index (κ2) is 5.56. The Labute approximate surface area is 144 Å². The number of rotatable bonds is 2. The van der Waals surface area contributed by atoms with Crippen LogP contribution < -0.4 is 5.32 Å². The van der Waals surface area contributed by atoms with E-state index in [4.69, 9.17) is 0 Å². The first-order chi connectivity index (χ1) is 11.6. The quantitative estimate of drug-likeness (QED) is 0.858. The second-order valence-corrected chi connectivity index (χ2v) is 7.87. The van der Waals surface area contributed by atoms with Crippen molar-refractivity contribution < 1.29 is 4.79 Å². The van der Waals surface area contributed by atoms with E-state index in [-0.39, 0.29) is 22.9 Å². The van der Waals surface area contributed by atoms with Gasteiger partial charge in [0, 0.05) is 22.9 Å². The molecule has 2 heteroatoms. The van der Waals surface area contributed by atoms with Crippen molar-refractivity contribution in [2.24, 2.45) is 10.8 Å². The van der Waals surface area contributed by atoms with Crippen molar-refractivity contribution in [3.8, 4) is 0 Å². The van der Waals surface area contributed by atoms with Crippen LogP contribution in [0.4, 0.5) is 0 Å². The summed E-state index contributed by atoms with van der Waals surface area (Å²) < 4.78 is 0. The Balaban J connectivity index is 1.84. The summed E-state index contributed by atoms with van der Waals surface area (Å²) in [6.07, 6.45) is 3.05. The van der Waals surface area contributed by atoms with E-state index in [0.29, 0.717) is 5.78 Å². The van der Waals surface area contributed by atoms with Gasteiger partial charge < -0.3 is 5.32 Å². The van der Waals surface area contributed by atoms with Gasteiger partial charge in [-0.25, -0.2) is 0 Å². The molecule has 4 atom stereocenters. The third-order valence-corrected chi connectivity index (χ3v) is 6.30. The minimum Gasteiger partial charge on any atom is -0.301 e. The lowest BCUT2D eigenvalue weighted by Crippen LogP contribution is -2.61. The van der Waals surface area contributed by atoms with Crippen molar-refractivity contribution >= 4 is 5.78 Å².